The first-order valence-corrected chi connectivity index (χ1v) is 14.3. The Kier molecular flexibility index (Phi) is 19.8. The fraction of sp³-hybridized carbons (Fsp3) is 0.677. The Labute approximate surface area is 214 Å². The molecule has 1 aromatic carbocycles. The standard InChI is InChI=1S/C31H50O4/c32-30(33)27-23-18-16-14-12-10-8-6-4-2-1-3-5-7-9-11-13-15-17-22-26-29(31(34)35)28-24-20-19-21-25-28/h19-21,24-26H,1-18,22-23,27H2,(H,32,33)(H,34,35). The second-order valence-corrected chi connectivity index (χ2v) is 9.94. The summed E-state index contributed by atoms with van der Waals surface area (Å²) in [6, 6.07) is 9.39. The van der Waals surface area contributed by atoms with Gasteiger partial charge in [-0.05, 0) is 24.8 Å². The molecule has 0 aliphatic heterocycles. The molecule has 0 fully saturated rings. The number of aliphatic carboxylic acids is 2. The predicted molar refractivity (Wildman–Crippen MR) is 147 cm³/mol. The van der Waals surface area contributed by atoms with Gasteiger partial charge < -0.3 is 10.2 Å². The molecule has 0 heterocycles. The number of rotatable bonds is 24. The van der Waals surface area contributed by atoms with Gasteiger partial charge in [0.1, 0.15) is 0 Å². The number of hydrogen-bond acceptors (Lipinski definition) is 2. The van der Waals surface area contributed by atoms with Crippen LogP contribution in [-0.4, -0.2) is 22.2 Å². The van der Waals surface area contributed by atoms with Crippen LogP contribution in [0.25, 0.3) is 5.57 Å². The zero-order valence-electron chi connectivity index (χ0n) is 22.0. The quantitative estimate of drug-likeness (QED) is 0.113. The average Bonchev–Trinajstić information content (AvgIpc) is 2.84. The van der Waals surface area contributed by atoms with Crippen LogP contribution in [0, 0.1) is 0 Å². The fourth-order valence-corrected chi connectivity index (χ4v) is 4.62. The Balaban J connectivity index is 1.81. The van der Waals surface area contributed by atoms with Crippen molar-refractivity contribution in [1.29, 1.82) is 0 Å². The molecule has 1 rings (SSSR count). The molecule has 0 aliphatic rings. The molecule has 4 heteroatoms. The average molecular weight is 487 g/mol. The van der Waals surface area contributed by atoms with Gasteiger partial charge in [0.25, 0.3) is 0 Å². The molecule has 0 bridgehead atoms. The summed E-state index contributed by atoms with van der Waals surface area (Å²) in [6.45, 7) is 0. The maximum absolute atomic E-state index is 11.5. The smallest absolute Gasteiger partial charge is 0.335 e. The number of allylic oxidation sites excluding steroid dienone is 1. The Morgan fingerprint density at radius 2 is 0.914 bits per heavy atom. The summed E-state index contributed by atoms with van der Waals surface area (Å²) in [5, 5.41) is 18.0. The van der Waals surface area contributed by atoms with E-state index in [0.717, 1.165) is 31.2 Å². The summed E-state index contributed by atoms with van der Waals surface area (Å²) in [5.41, 5.74) is 1.21. The molecule has 0 unspecified atom stereocenters. The first kappa shape index (κ1) is 30.9. The van der Waals surface area contributed by atoms with E-state index in [1.165, 1.54) is 103 Å². The van der Waals surface area contributed by atoms with Crippen molar-refractivity contribution >= 4 is 17.5 Å². The van der Waals surface area contributed by atoms with Crippen LogP contribution < -0.4 is 0 Å². The lowest BCUT2D eigenvalue weighted by Gasteiger charge is -2.04. The minimum Gasteiger partial charge on any atom is -0.481 e. The third-order valence-electron chi connectivity index (χ3n) is 6.76. The van der Waals surface area contributed by atoms with E-state index in [9.17, 15) is 14.7 Å². The fourth-order valence-electron chi connectivity index (χ4n) is 4.62. The van der Waals surface area contributed by atoms with E-state index >= 15 is 0 Å². The molecule has 2 N–H and O–H groups in total. The van der Waals surface area contributed by atoms with Gasteiger partial charge in [-0.2, -0.15) is 0 Å². The topological polar surface area (TPSA) is 74.6 Å². The highest BCUT2D eigenvalue weighted by Crippen LogP contribution is 2.18. The van der Waals surface area contributed by atoms with Gasteiger partial charge >= 0.3 is 11.9 Å². The molecule has 0 aliphatic carbocycles. The van der Waals surface area contributed by atoms with Crippen LogP contribution in [0.3, 0.4) is 0 Å². The number of carboxylic acids is 2. The highest BCUT2D eigenvalue weighted by molar-refractivity contribution is 6.15. The van der Waals surface area contributed by atoms with Crippen LogP contribution in [-0.2, 0) is 9.59 Å². The van der Waals surface area contributed by atoms with E-state index in [0.29, 0.717) is 12.0 Å². The van der Waals surface area contributed by atoms with Crippen molar-refractivity contribution in [3.63, 3.8) is 0 Å². The molecule has 198 valence electrons. The van der Waals surface area contributed by atoms with Gasteiger partial charge in [0.2, 0.25) is 0 Å². The van der Waals surface area contributed by atoms with E-state index in [1.807, 2.05) is 36.4 Å². The van der Waals surface area contributed by atoms with Gasteiger partial charge in [0.15, 0.2) is 0 Å². The van der Waals surface area contributed by atoms with Crippen molar-refractivity contribution in [3.8, 4) is 0 Å². The first-order valence-electron chi connectivity index (χ1n) is 14.3. The van der Waals surface area contributed by atoms with Gasteiger partial charge in [-0.25, -0.2) is 4.79 Å². The maximum Gasteiger partial charge on any atom is 0.335 e. The predicted octanol–water partition coefficient (Wildman–Crippen LogP) is 9.43. The molecule has 0 amide bonds. The maximum atomic E-state index is 11.5. The highest BCUT2D eigenvalue weighted by atomic mass is 16.4. The van der Waals surface area contributed by atoms with Crippen molar-refractivity contribution in [2.24, 2.45) is 0 Å². The molecular weight excluding hydrogens is 436 g/mol. The second kappa shape index (κ2) is 22.4. The van der Waals surface area contributed by atoms with Crippen LogP contribution in [0.4, 0.5) is 0 Å². The van der Waals surface area contributed by atoms with Crippen molar-refractivity contribution in [2.75, 3.05) is 0 Å². The molecular formula is C31H50O4. The van der Waals surface area contributed by atoms with Crippen molar-refractivity contribution in [3.05, 3.63) is 42.0 Å². The summed E-state index contributed by atoms with van der Waals surface area (Å²) >= 11 is 0. The molecule has 0 radical (unpaired) electrons. The van der Waals surface area contributed by atoms with Gasteiger partial charge in [0, 0.05) is 6.42 Å². The van der Waals surface area contributed by atoms with Gasteiger partial charge in [-0.1, -0.05) is 146 Å². The molecule has 0 atom stereocenters. The van der Waals surface area contributed by atoms with Gasteiger partial charge in [-0.3, -0.25) is 4.79 Å². The molecule has 4 nitrogen and oxygen atoms in total. The van der Waals surface area contributed by atoms with Gasteiger partial charge in [-0.15, -0.1) is 0 Å². The minimum absolute atomic E-state index is 0.326. The zero-order chi connectivity index (χ0) is 25.4. The van der Waals surface area contributed by atoms with Crippen LogP contribution in [0.2, 0.25) is 0 Å². The van der Waals surface area contributed by atoms with E-state index in [2.05, 4.69) is 0 Å². The summed E-state index contributed by atoms with van der Waals surface area (Å²) < 4.78 is 0. The molecule has 0 saturated carbocycles. The lowest BCUT2D eigenvalue weighted by molar-refractivity contribution is -0.137. The summed E-state index contributed by atoms with van der Waals surface area (Å²) in [4.78, 5) is 21.9. The number of benzene rings is 1. The number of carbonyl (C=O) groups is 2. The van der Waals surface area contributed by atoms with Crippen molar-refractivity contribution < 1.29 is 19.8 Å². The largest absolute Gasteiger partial charge is 0.481 e. The zero-order valence-corrected chi connectivity index (χ0v) is 22.0. The second-order valence-electron chi connectivity index (χ2n) is 9.94. The Morgan fingerprint density at radius 1 is 0.543 bits per heavy atom. The van der Waals surface area contributed by atoms with E-state index in [1.54, 1.807) is 0 Å². The Hall–Kier alpha value is -2.10. The van der Waals surface area contributed by atoms with Crippen LogP contribution in [0.1, 0.15) is 140 Å². The summed E-state index contributed by atoms with van der Waals surface area (Å²) in [5.74, 6) is -1.51. The van der Waals surface area contributed by atoms with E-state index in [-0.39, 0.29) is 0 Å². The minimum atomic E-state index is -0.838. The number of hydrogen-bond donors (Lipinski definition) is 2. The normalized spacial score (nSPS) is 11.6. The lowest BCUT2D eigenvalue weighted by atomic mass is 10.0. The molecule has 0 spiro atoms. The van der Waals surface area contributed by atoms with Gasteiger partial charge in [0.05, 0.1) is 5.57 Å². The first-order chi connectivity index (χ1) is 17.1. The van der Waals surface area contributed by atoms with Crippen LogP contribution in [0.15, 0.2) is 36.4 Å². The Bertz CT molecular complexity index is 680. The van der Waals surface area contributed by atoms with E-state index < -0.39 is 11.9 Å². The van der Waals surface area contributed by atoms with Crippen LogP contribution in [0.5, 0.6) is 0 Å². The highest BCUT2D eigenvalue weighted by Gasteiger charge is 2.08. The lowest BCUT2D eigenvalue weighted by Crippen LogP contribution is -1.99. The van der Waals surface area contributed by atoms with Crippen molar-refractivity contribution in [1.82, 2.24) is 0 Å². The molecule has 0 saturated heterocycles. The molecule has 35 heavy (non-hydrogen) atoms. The number of carboxylic acid groups (broad SMARTS) is 2. The third-order valence-corrected chi connectivity index (χ3v) is 6.76. The number of unbranched alkanes of at least 4 members (excludes halogenated alkanes) is 19. The van der Waals surface area contributed by atoms with Crippen molar-refractivity contribution in [2.45, 2.75) is 135 Å². The summed E-state index contributed by atoms with van der Waals surface area (Å²) in [6.07, 6.45) is 27.1. The van der Waals surface area contributed by atoms with Crippen LogP contribution >= 0.6 is 0 Å². The third kappa shape index (κ3) is 18.8. The van der Waals surface area contributed by atoms with E-state index in [4.69, 9.17) is 5.11 Å². The monoisotopic (exact) mass is 486 g/mol. The summed E-state index contributed by atoms with van der Waals surface area (Å²) in [7, 11) is 0. The SMILES string of the molecule is O=C(O)CCCCCCCCCCCCCCCCCCCCCC=C(C(=O)O)c1ccccc1. The Morgan fingerprint density at radius 3 is 1.29 bits per heavy atom. The molecule has 0 aromatic heterocycles. The molecule has 1 aromatic rings.